The minimum absolute atomic E-state index is 0.0802. The number of pyridine rings is 1. The predicted molar refractivity (Wildman–Crippen MR) is 109 cm³/mol. The Morgan fingerprint density at radius 2 is 2.19 bits per heavy atom. The number of nitrogens with zero attached hydrogens (tertiary/aromatic N) is 3. The van der Waals surface area contributed by atoms with Crippen LogP contribution in [0.25, 0.3) is 10.8 Å². The number of nitrogens with one attached hydrogen (secondary N) is 1. The van der Waals surface area contributed by atoms with Crippen LogP contribution in [0.5, 0.6) is 0 Å². The van der Waals surface area contributed by atoms with Gasteiger partial charge in [-0.05, 0) is 37.3 Å². The lowest BCUT2D eigenvalue weighted by atomic mass is 10.1. The zero-order chi connectivity index (χ0) is 19.6. The first-order chi connectivity index (χ1) is 13.0. The minimum atomic E-state index is -0.867. The van der Waals surface area contributed by atoms with Gasteiger partial charge in [-0.3, -0.25) is 9.79 Å². The van der Waals surface area contributed by atoms with Gasteiger partial charge >= 0.3 is 0 Å². The number of hydrogen-bond acceptors (Lipinski definition) is 4. The van der Waals surface area contributed by atoms with E-state index in [2.05, 4.69) is 4.99 Å². The van der Waals surface area contributed by atoms with Gasteiger partial charge in [0.15, 0.2) is 0 Å². The van der Waals surface area contributed by atoms with Crippen LogP contribution in [-0.2, 0) is 0 Å². The molecule has 1 heterocycles. The van der Waals surface area contributed by atoms with Crippen LogP contribution in [0.2, 0.25) is 5.02 Å². The van der Waals surface area contributed by atoms with Crippen molar-refractivity contribution in [2.45, 2.75) is 44.7 Å². The van der Waals surface area contributed by atoms with Gasteiger partial charge in [0.05, 0.1) is 22.5 Å². The molecule has 0 radical (unpaired) electrons. The number of fused-ring (bicyclic) bond motifs is 1. The second-order valence-corrected chi connectivity index (χ2v) is 7.30. The van der Waals surface area contributed by atoms with Crippen molar-refractivity contribution in [3.63, 3.8) is 0 Å². The second-order valence-electron chi connectivity index (χ2n) is 6.89. The second kappa shape index (κ2) is 7.93. The fourth-order valence-corrected chi connectivity index (χ4v) is 4.04. The quantitative estimate of drug-likeness (QED) is 0.602. The largest absolute Gasteiger partial charge is 0.386 e. The number of aromatic nitrogens is 1. The molecule has 0 aliphatic heterocycles. The van der Waals surface area contributed by atoms with Gasteiger partial charge in [0.2, 0.25) is 0 Å². The fourth-order valence-electron chi connectivity index (χ4n) is 3.77. The van der Waals surface area contributed by atoms with Crippen molar-refractivity contribution in [2.24, 2.45) is 16.6 Å². The third-order valence-corrected chi connectivity index (χ3v) is 5.46. The molecular formula is C20H22ClN5O. The van der Waals surface area contributed by atoms with Crippen LogP contribution in [0.1, 0.15) is 50.4 Å². The third-order valence-electron chi connectivity index (χ3n) is 5.15. The molecule has 27 heavy (non-hydrogen) atoms. The van der Waals surface area contributed by atoms with E-state index in [1.165, 1.54) is 0 Å². The summed E-state index contributed by atoms with van der Waals surface area (Å²) in [7, 11) is 0. The number of rotatable bonds is 5. The Morgan fingerprint density at radius 1 is 1.48 bits per heavy atom. The summed E-state index contributed by atoms with van der Waals surface area (Å²) in [5.41, 5.74) is 6.57. The summed E-state index contributed by atoms with van der Waals surface area (Å²) in [5.74, 6) is -0.786. The van der Waals surface area contributed by atoms with Crippen LogP contribution in [0, 0.1) is 22.7 Å². The molecule has 1 aromatic heterocycles. The van der Waals surface area contributed by atoms with Crippen molar-refractivity contribution < 1.29 is 0 Å². The maximum absolute atomic E-state index is 13.3. The third kappa shape index (κ3) is 3.60. The van der Waals surface area contributed by atoms with Crippen molar-refractivity contribution >= 4 is 34.4 Å². The summed E-state index contributed by atoms with van der Waals surface area (Å²) in [5, 5.41) is 18.1. The van der Waals surface area contributed by atoms with Gasteiger partial charge in [0.25, 0.3) is 5.56 Å². The number of aliphatic imine (C=N–C) groups is 1. The smallest absolute Gasteiger partial charge is 0.260 e. The summed E-state index contributed by atoms with van der Waals surface area (Å²) in [6.45, 7) is 1.85. The van der Waals surface area contributed by atoms with E-state index in [-0.39, 0.29) is 17.4 Å². The molecule has 140 valence electrons. The molecule has 0 saturated heterocycles. The average Bonchev–Trinajstić information content (AvgIpc) is 3.16. The first-order valence-electron chi connectivity index (χ1n) is 9.05. The van der Waals surface area contributed by atoms with Gasteiger partial charge in [-0.25, -0.2) is 0 Å². The topological polar surface area (TPSA) is 108 Å². The standard InChI is InChI=1S/C20H22ClN5O/c1-12(25-19(24)14(10-22)11-23)17-9-13-5-4-8-16(21)18(13)20(27)26(17)15-6-2-3-7-15/h4-5,8-10,12,14-15,22H,2-3,6-7H2,1H3,(H2,24,25). The van der Waals surface area contributed by atoms with Gasteiger partial charge < -0.3 is 15.7 Å². The monoisotopic (exact) mass is 383 g/mol. The minimum Gasteiger partial charge on any atom is -0.386 e. The number of nitrogens with two attached hydrogens (primary N) is 1. The molecule has 1 aliphatic rings. The Kier molecular flexibility index (Phi) is 5.62. The molecule has 1 saturated carbocycles. The summed E-state index contributed by atoms with van der Waals surface area (Å²) in [6.07, 6.45) is 5.02. The molecule has 1 aliphatic carbocycles. The Morgan fingerprint density at radius 3 is 2.81 bits per heavy atom. The Hall–Kier alpha value is -2.65. The highest BCUT2D eigenvalue weighted by Gasteiger charge is 2.25. The number of hydrogen-bond donors (Lipinski definition) is 2. The summed E-state index contributed by atoms with van der Waals surface area (Å²) < 4.78 is 1.81. The highest BCUT2D eigenvalue weighted by molar-refractivity contribution is 6.35. The van der Waals surface area contributed by atoms with Crippen molar-refractivity contribution in [1.82, 2.24) is 4.57 Å². The van der Waals surface area contributed by atoms with E-state index in [0.29, 0.717) is 10.4 Å². The van der Waals surface area contributed by atoms with E-state index in [1.807, 2.05) is 35.8 Å². The summed E-state index contributed by atoms with van der Waals surface area (Å²) in [6, 6.07) is 8.98. The van der Waals surface area contributed by atoms with Gasteiger partial charge in [0, 0.05) is 18.0 Å². The number of halogens is 1. The summed E-state index contributed by atoms with van der Waals surface area (Å²) >= 11 is 6.31. The molecule has 3 rings (SSSR count). The Balaban J connectivity index is 2.20. The van der Waals surface area contributed by atoms with E-state index < -0.39 is 12.0 Å². The van der Waals surface area contributed by atoms with Crippen LogP contribution >= 0.6 is 11.6 Å². The Labute approximate surface area is 162 Å². The first-order valence-corrected chi connectivity index (χ1v) is 9.42. The maximum atomic E-state index is 13.3. The predicted octanol–water partition coefficient (Wildman–Crippen LogP) is 3.98. The maximum Gasteiger partial charge on any atom is 0.260 e. The zero-order valence-corrected chi connectivity index (χ0v) is 15.9. The molecule has 6 nitrogen and oxygen atoms in total. The van der Waals surface area contributed by atoms with Crippen LogP contribution in [0.3, 0.4) is 0 Å². The van der Waals surface area contributed by atoms with E-state index in [0.717, 1.165) is 43.0 Å². The molecule has 7 heteroatoms. The first kappa shape index (κ1) is 19.1. The van der Waals surface area contributed by atoms with Gasteiger partial charge in [-0.2, -0.15) is 5.26 Å². The van der Waals surface area contributed by atoms with Crippen molar-refractivity contribution in [3.05, 3.63) is 45.3 Å². The lowest BCUT2D eigenvalue weighted by Gasteiger charge is -2.23. The van der Waals surface area contributed by atoms with E-state index in [1.54, 1.807) is 6.07 Å². The van der Waals surface area contributed by atoms with Crippen molar-refractivity contribution in [2.75, 3.05) is 0 Å². The molecule has 2 unspecified atom stereocenters. The zero-order valence-electron chi connectivity index (χ0n) is 15.2. The molecule has 0 spiro atoms. The SMILES string of the molecule is CC(N=C(N)C(C#N)C=N)c1cc2cccc(Cl)c2c(=O)n1C1CCCC1. The average molecular weight is 384 g/mol. The summed E-state index contributed by atoms with van der Waals surface area (Å²) in [4.78, 5) is 17.7. The molecule has 0 amide bonds. The van der Waals surface area contributed by atoms with Gasteiger partial charge in [-0.1, -0.05) is 36.6 Å². The Bertz CT molecular complexity index is 998. The molecule has 2 atom stereocenters. The normalized spacial score (nSPS) is 17.6. The molecule has 0 bridgehead atoms. The van der Waals surface area contributed by atoms with E-state index >= 15 is 0 Å². The van der Waals surface area contributed by atoms with E-state index in [4.69, 9.17) is 28.0 Å². The highest BCUT2D eigenvalue weighted by atomic mass is 35.5. The fraction of sp³-hybridized carbons (Fsp3) is 0.400. The molecule has 3 N–H and O–H groups in total. The van der Waals surface area contributed by atoms with Crippen molar-refractivity contribution in [1.29, 1.82) is 10.7 Å². The number of nitriles is 1. The van der Waals surface area contributed by atoms with Gasteiger partial charge in [0.1, 0.15) is 11.8 Å². The molecule has 2 aromatic rings. The lowest BCUT2D eigenvalue weighted by Crippen LogP contribution is -2.29. The van der Waals surface area contributed by atoms with Crippen LogP contribution in [0.4, 0.5) is 0 Å². The number of benzene rings is 1. The molecular weight excluding hydrogens is 362 g/mol. The van der Waals surface area contributed by atoms with Gasteiger partial charge in [-0.15, -0.1) is 0 Å². The van der Waals surface area contributed by atoms with Crippen LogP contribution in [0.15, 0.2) is 34.1 Å². The van der Waals surface area contributed by atoms with Crippen LogP contribution < -0.4 is 11.3 Å². The lowest BCUT2D eigenvalue weighted by molar-refractivity contribution is 0.474. The molecule has 1 fully saturated rings. The van der Waals surface area contributed by atoms with Crippen molar-refractivity contribution in [3.8, 4) is 6.07 Å². The highest BCUT2D eigenvalue weighted by Crippen LogP contribution is 2.33. The van der Waals surface area contributed by atoms with E-state index in [9.17, 15) is 4.79 Å². The molecule has 1 aromatic carbocycles. The van der Waals surface area contributed by atoms with Crippen LogP contribution in [-0.4, -0.2) is 16.6 Å². The number of amidine groups is 1.